The summed E-state index contributed by atoms with van der Waals surface area (Å²) in [6.45, 7) is 3.96. The van der Waals surface area contributed by atoms with Gasteiger partial charge in [0.2, 0.25) is 11.8 Å². The number of ether oxygens (including phenoxy) is 3. The average molecular weight is 464 g/mol. The molecule has 1 amide bonds. The number of aromatic nitrogens is 3. The lowest BCUT2D eigenvalue weighted by atomic mass is 10.1. The van der Waals surface area contributed by atoms with Crippen molar-refractivity contribution in [2.75, 3.05) is 38.7 Å². The molecule has 2 atom stereocenters. The van der Waals surface area contributed by atoms with Gasteiger partial charge in [-0.15, -0.1) is 0 Å². The van der Waals surface area contributed by atoms with Gasteiger partial charge in [0.25, 0.3) is 0 Å². The van der Waals surface area contributed by atoms with Crippen LogP contribution in [0.1, 0.15) is 25.7 Å². The Balaban J connectivity index is 1.15. The largest absolute Gasteiger partial charge is 0.490 e. The molecule has 0 radical (unpaired) electrons. The van der Waals surface area contributed by atoms with Crippen molar-refractivity contribution < 1.29 is 19.0 Å². The highest BCUT2D eigenvalue weighted by atomic mass is 16.5. The molecule has 1 aliphatic heterocycles. The van der Waals surface area contributed by atoms with Crippen molar-refractivity contribution in [2.45, 2.75) is 37.9 Å². The number of rotatable bonds is 10. The summed E-state index contributed by atoms with van der Waals surface area (Å²) < 4.78 is 17.5. The summed E-state index contributed by atoms with van der Waals surface area (Å²) in [5, 5.41) is 3.85. The highest BCUT2D eigenvalue weighted by molar-refractivity contribution is 5.99. The van der Waals surface area contributed by atoms with Crippen molar-refractivity contribution in [1.29, 1.82) is 0 Å². The van der Waals surface area contributed by atoms with Gasteiger partial charge in [-0.25, -0.2) is 9.97 Å². The molecule has 0 aromatic carbocycles. The average Bonchev–Trinajstić information content (AvgIpc) is 3.73. The number of nitrogens with one attached hydrogen (secondary N) is 2. The Morgan fingerprint density at radius 2 is 2.15 bits per heavy atom. The summed E-state index contributed by atoms with van der Waals surface area (Å²) in [4.78, 5) is 27.2. The molecule has 2 N–H and O–H groups in total. The van der Waals surface area contributed by atoms with E-state index in [0.717, 1.165) is 61.2 Å². The molecule has 178 valence electrons. The van der Waals surface area contributed by atoms with E-state index in [9.17, 15) is 4.79 Å². The van der Waals surface area contributed by atoms with E-state index >= 15 is 0 Å². The van der Waals surface area contributed by atoms with Crippen molar-refractivity contribution in [3.63, 3.8) is 0 Å². The molecule has 9 nitrogen and oxygen atoms in total. The van der Waals surface area contributed by atoms with Gasteiger partial charge >= 0.3 is 0 Å². The van der Waals surface area contributed by atoms with Crippen LogP contribution in [0.5, 0.6) is 11.6 Å². The first kappa shape index (κ1) is 21.4. The second kappa shape index (κ2) is 8.88. The molecule has 3 aromatic rings. The Labute approximate surface area is 197 Å². The van der Waals surface area contributed by atoms with Gasteiger partial charge in [-0.05, 0) is 57.0 Å². The minimum atomic E-state index is -0.102. The lowest BCUT2D eigenvalue weighted by molar-refractivity contribution is -0.118. The Morgan fingerprint density at radius 3 is 2.91 bits per heavy atom. The summed E-state index contributed by atoms with van der Waals surface area (Å²) >= 11 is 0. The van der Waals surface area contributed by atoms with Gasteiger partial charge in [-0.3, -0.25) is 4.79 Å². The normalized spacial score (nSPS) is 21.8. The number of aromatic amines is 1. The number of H-pyrrole nitrogens is 1. The number of hydrogen-bond donors (Lipinski definition) is 2. The summed E-state index contributed by atoms with van der Waals surface area (Å²) in [6.07, 6.45) is 8.02. The minimum absolute atomic E-state index is 0.0185. The van der Waals surface area contributed by atoms with E-state index in [2.05, 4.69) is 25.2 Å². The number of fused-ring (bicyclic) bond motifs is 1. The molecule has 9 heteroatoms. The zero-order valence-corrected chi connectivity index (χ0v) is 19.3. The van der Waals surface area contributed by atoms with Crippen LogP contribution in [0, 0.1) is 5.92 Å². The van der Waals surface area contributed by atoms with E-state index in [4.69, 9.17) is 14.2 Å². The van der Waals surface area contributed by atoms with E-state index in [1.807, 2.05) is 24.4 Å². The molecule has 3 aliphatic rings. The minimum Gasteiger partial charge on any atom is -0.490 e. The van der Waals surface area contributed by atoms with Crippen LogP contribution in [0.2, 0.25) is 0 Å². The van der Waals surface area contributed by atoms with E-state index in [-0.39, 0.29) is 24.0 Å². The van der Waals surface area contributed by atoms with Crippen molar-refractivity contribution in [2.24, 2.45) is 5.92 Å². The highest BCUT2D eigenvalue weighted by Crippen LogP contribution is 2.42. The number of pyridine rings is 2. The van der Waals surface area contributed by atoms with Gasteiger partial charge in [0.05, 0.1) is 37.4 Å². The number of nitrogens with zero attached hydrogens (tertiary/aromatic N) is 3. The number of anilines is 1. The summed E-state index contributed by atoms with van der Waals surface area (Å²) in [7, 11) is 1.60. The maximum Gasteiger partial charge on any atom is 0.231 e. The summed E-state index contributed by atoms with van der Waals surface area (Å²) in [5.41, 5.74) is 2.38. The van der Waals surface area contributed by atoms with E-state index in [1.165, 1.54) is 6.42 Å². The number of hydrogen-bond acceptors (Lipinski definition) is 7. The van der Waals surface area contributed by atoms with Gasteiger partial charge in [0.1, 0.15) is 17.2 Å². The first-order valence-electron chi connectivity index (χ1n) is 12.0. The first-order chi connectivity index (χ1) is 16.7. The van der Waals surface area contributed by atoms with Gasteiger partial charge in [-0.2, -0.15) is 0 Å². The van der Waals surface area contributed by atoms with Crippen LogP contribution in [0.3, 0.4) is 0 Å². The van der Waals surface area contributed by atoms with Crippen molar-refractivity contribution in [3.8, 4) is 22.8 Å². The fraction of sp³-hybridized carbons (Fsp3) is 0.480. The molecule has 2 aliphatic carbocycles. The second-order valence-electron chi connectivity index (χ2n) is 9.24. The lowest BCUT2D eigenvalue weighted by Crippen LogP contribution is -2.39. The smallest absolute Gasteiger partial charge is 0.231 e. The van der Waals surface area contributed by atoms with Crippen LogP contribution in [-0.2, 0) is 9.53 Å². The second-order valence-corrected chi connectivity index (χ2v) is 9.24. The van der Waals surface area contributed by atoms with Crippen molar-refractivity contribution in [3.05, 3.63) is 30.6 Å². The SMILES string of the molecule is COc1nccc(OC2CC2)c1-c1c[nH]c2nc(NC(=O)[C@H]3C[C@@H]3OCCN3CCC3)ccc12. The fourth-order valence-electron chi connectivity index (χ4n) is 4.36. The van der Waals surface area contributed by atoms with Gasteiger partial charge < -0.3 is 29.4 Å². The number of methoxy groups -OCH3 is 1. The Kier molecular flexibility index (Phi) is 5.58. The third kappa shape index (κ3) is 4.33. The summed E-state index contributed by atoms with van der Waals surface area (Å²) in [5.74, 6) is 1.63. The Bertz CT molecular complexity index is 1200. The highest BCUT2D eigenvalue weighted by Gasteiger charge is 2.44. The maximum absolute atomic E-state index is 12.7. The number of carbonyl (C=O) groups is 1. The topological polar surface area (TPSA) is 102 Å². The maximum atomic E-state index is 12.7. The molecule has 4 heterocycles. The fourth-order valence-corrected chi connectivity index (χ4v) is 4.36. The van der Waals surface area contributed by atoms with Crippen LogP contribution in [0.4, 0.5) is 5.82 Å². The first-order valence-corrected chi connectivity index (χ1v) is 12.0. The molecule has 34 heavy (non-hydrogen) atoms. The monoisotopic (exact) mass is 463 g/mol. The van der Waals surface area contributed by atoms with E-state index < -0.39 is 0 Å². The summed E-state index contributed by atoms with van der Waals surface area (Å²) in [6, 6.07) is 5.64. The van der Waals surface area contributed by atoms with E-state index in [0.29, 0.717) is 24.0 Å². The quantitative estimate of drug-likeness (QED) is 0.476. The zero-order valence-electron chi connectivity index (χ0n) is 19.3. The molecule has 0 spiro atoms. The number of carbonyl (C=O) groups excluding carboxylic acids is 1. The standard InChI is InChI=1S/C25H29N5O4/c1-32-25-22(19(7-8-26-25)34-15-3-4-15)18-14-27-23-16(18)5-6-21(28-23)29-24(31)17-13-20(17)33-12-11-30-9-2-10-30/h5-8,14-15,17,20H,2-4,9-13H2,1H3,(H2,27,28,29,31)/t17-,20-/m0/s1. The van der Waals surface area contributed by atoms with Crippen molar-refractivity contribution >= 4 is 22.8 Å². The lowest BCUT2D eigenvalue weighted by Gasteiger charge is -2.30. The molecular weight excluding hydrogens is 434 g/mol. The predicted molar refractivity (Wildman–Crippen MR) is 127 cm³/mol. The third-order valence-corrected chi connectivity index (χ3v) is 6.71. The van der Waals surface area contributed by atoms with Crippen molar-refractivity contribution in [1.82, 2.24) is 19.9 Å². The number of likely N-dealkylation sites (tertiary alicyclic amines) is 1. The molecule has 1 saturated heterocycles. The Hall–Kier alpha value is -3.17. The van der Waals surface area contributed by atoms with E-state index in [1.54, 1.807) is 13.3 Å². The molecule has 0 unspecified atom stereocenters. The molecule has 3 aromatic heterocycles. The van der Waals surface area contributed by atoms with Crippen LogP contribution in [0.25, 0.3) is 22.2 Å². The van der Waals surface area contributed by atoms with Crippen LogP contribution >= 0.6 is 0 Å². The molecule has 0 bridgehead atoms. The molecule has 2 saturated carbocycles. The van der Waals surface area contributed by atoms with Crippen LogP contribution in [0.15, 0.2) is 30.6 Å². The predicted octanol–water partition coefficient (Wildman–Crippen LogP) is 3.22. The van der Waals surface area contributed by atoms with Crippen LogP contribution in [-0.4, -0.2) is 71.3 Å². The number of amides is 1. The van der Waals surface area contributed by atoms with Gasteiger partial charge in [0.15, 0.2) is 0 Å². The van der Waals surface area contributed by atoms with Crippen LogP contribution < -0.4 is 14.8 Å². The molecule has 6 rings (SSSR count). The molecular formula is C25H29N5O4. The van der Waals surface area contributed by atoms with Gasteiger partial charge in [0, 0.05) is 29.9 Å². The molecule has 3 fully saturated rings. The third-order valence-electron chi connectivity index (χ3n) is 6.71. The Morgan fingerprint density at radius 1 is 1.26 bits per heavy atom. The van der Waals surface area contributed by atoms with Gasteiger partial charge in [-0.1, -0.05) is 0 Å². The zero-order chi connectivity index (χ0) is 23.1.